The number of hydrogen-bond donors (Lipinski definition) is 0. The van der Waals surface area contributed by atoms with E-state index < -0.39 is 5.97 Å². The van der Waals surface area contributed by atoms with E-state index in [1.165, 1.54) is 11.7 Å². The van der Waals surface area contributed by atoms with E-state index in [4.69, 9.17) is 4.74 Å². The standard InChI is InChI=1S/C23H17BrN2O3/c1-29-23(28)21-20(15-7-3-2-4-8-15)19-13-16(24)10-11-18(19)22(27)26(21)14-17-9-5-6-12-25-17/h2-13H,14H2,1H3. The Morgan fingerprint density at radius 1 is 1.03 bits per heavy atom. The number of carbonyl (C=O) groups excluding carboxylic acids is 1. The van der Waals surface area contributed by atoms with Crippen LogP contribution in [0.25, 0.3) is 21.9 Å². The highest BCUT2D eigenvalue weighted by atomic mass is 79.9. The number of esters is 1. The van der Waals surface area contributed by atoms with Crippen LogP contribution in [0, 0.1) is 0 Å². The largest absolute Gasteiger partial charge is 0.464 e. The lowest BCUT2D eigenvalue weighted by molar-refractivity contribution is 0.0588. The molecule has 144 valence electrons. The van der Waals surface area contributed by atoms with Crippen molar-refractivity contribution >= 4 is 32.7 Å². The summed E-state index contributed by atoms with van der Waals surface area (Å²) in [7, 11) is 1.32. The first-order valence-electron chi connectivity index (χ1n) is 9.00. The maximum absolute atomic E-state index is 13.4. The number of carbonyl (C=O) groups is 1. The average Bonchev–Trinajstić information content (AvgIpc) is 2.76. The number of methoxy groups -OCH3 is 1. The van der Waals surface area contributed by atoms with E-state index in [0.29, 0.717) is 22.0 Å². The van der Waals surface area contributed by atoms with Crippen molar-refractivity contribution in [2.45, 2.75) is 6.54 Å². The molecule has 0 spiro atoms. The fourth-order valence-electron chi connectivity index (χ4n) is 3.43. The van der Waals surface area contributed by atoms with Gasteiger partial charge < -0.3 is 4.74 Å². The smallest absolute Gasteiger partial charge is 0.355 e. The normalized spacial score (nSPS) is 10.8. The Kier molecular flexibility index (Phi) is 5.27. The Bertz CT molecular complexity index is 1250. The topological polar surface area (TPSA) is 61.2 Å². The minimum Gasteiger partial charge on any atom is -0.464 e. The maximum atomic E-state index is 13.4. The predicted molar refractivity (Wildman–Crippen MR) is 116 cm³/mol. The summed E-state index contributed by atoms with van der Waals surface area (Å²) in [4.78, 5) is 30.6. The van der Waals surface area contributed by atoms with Crippen LogP contribution in [0.15, 0.2) is 82.2 Å². The lowest BCUT2D eigenvalue weighted by atomic mass is 9.96. The zero-order chi connectivity index (χ0) is 20.4. The van der Waals surface area contributed by atoms with Crippen molar-refractivity contribution < 1.29 is 9.53 Å². The van der Waals surface area contributed by atoms with Crippen LogP contribution in [-0.2, 0) is 11.3 Å². The number of halogens is 1. The summed E-state index contributed by atoms with van der Waals surface area (Å²) in [6, 6.07) is 20.5. The van der Waals surface area contributed by atoms with E-state index in [9.17, 15) is 9.59 Å². The van der Waals surface area contributed by atoms with Gasteiger partial charge in [-0.2, -0.15) is 0 Å². The molecule has 0 aliphatic rings. The molecule has 5 nitrogen and oxygen atoms in total. The third kappa shape index (κ3) is 3.59. The Balaban J connectivity index is 2.14. The SMILES string of the molecule is COC(=O)c1c(-c2ccccc2)c2cc(Br)ccc2c(=O)n1Cc1ccccn1. The van der Waals surface area contributed by atoms with Gasteiger partial charge >= 0.3 is 5.97 Å². The molecule has 2 heterocycles. The van der Waals surface area contributed by atoms with Crippen LogP contribution in [-0.4, -0.2) is 22.6 Å². The van der Waals surface area contributed by atoms with Gasteiger partial charge in [-0.05, 0) is 41.3 Å². The van der Waals surface area contributed by atoms with Gasteiger partial charge in [0, 0.05) is 21.6 Å². The van der Waals surface area contributed by atoms with Crippen LogP contribution in [0.5, 0.6) is 0 Å². The van der Waals surface area contributed by atoms with Crippen LogP contribution < -0.4 is 5.56 Å². The Morgan fingerprint density at radius 3 is 2.48 bits per heavy atom. The number of fused-ring (bicyclic) bond motifs is 1. The summed E-state index contributed by atoms with van der Waals surface area (Å²) >= 11 is 3.48. The number of pyridine rings is 2. The van der Waals surface area contributed by atoms with Gasteiger partial charge in [0.2, 0.25) is 0 Å². The summed E-state index contributed by atoms with van der Waals surface area (Å²) in [5.41, 5.74) is 2.10. The second kappa shape index (κ2) is 8.01. The molecule has 0 saturated heterocycles. The lowest BCUT2D eigenvalue weighted by Crippen LogP contribution is -2.29. The zero-order valence-corrected chi connectivity index (χ0v) is 17.2. The van der Waals surface area contributed by atoms with Gasteiger partial charge in [0.25, 0.3) is 5.56 Å². The molecule has 4 aromatic rings. The Labute approximate surface area is 175 Å². The summed E-state index contributed by atoms with van der Waals surface area (Å²) in [6.07, 6.45) is 1.66. The van der Waals surface area contributed by atoms with E-state index in [0.717, 1.165) is 10.0 Å². The number of ether oxygens (including phenoxy) is 1. The molecule has 0 bridgehead atoms. The minimum absolute atomic E-state index is 0.163. The van der Waals surface area contributed by atoms with Gasteiger partial charge in [-0.15, -0.1) is 0 Å². The minimum atomic E-state index is -0.571. The number of rotatable bonds is 4. The molecule has 2 aromatic heterocycles. The highest BCUT2D eigenvalue weighted by Crippen LogP contribution is 2.33. The molecule has 0 saturated carbocycles. The van der Waals surface area contributed by atoms with E-state index in [1.54, 1.807) is 18.3 Å². The molecule has 0 aliphatic carbocycles. The number of nitrogens with zero attached hydrogens (tertiary/aromatic N) is 2. The summed E-state index contributed by atoms with van der Waals surface area (Å²) in [5.74, 6) is -0.571. The molecule has 0 aliphatic heterocycles. The summed E-state index contributed by atoms with van der Waals surface area (Å²) < 4.78 is 7.35. The number of hydrogen-bond acceptors (Lipinski definition) is 4. The lowest BCUT2D eigenvalue weighted by Gasteiger charge is -2.18. The van der Waals surface area contributed by atoms with Gasteiger partial charge in [0.05, 0.1) is 19.3 Å². The predicted octanol–water partition coefficient (Wildman–Crippen LogP) is 4.66. The molecule has 0 atom stereocenters. The molecule has 0 fully saturated rings. The molecule has 0 unspecified atom stereocenters. The highest BCUT2D eigenvalue weighted by Gasteiger charge is 2.24. The summed E-state index contributed by atoms with van der Waals surface area (Å²) in [5, 5.41) is 1.21. The molecule has 0 N–H and O–H groups in total. The van der Waals surface area contributed by atoms with Gasteiger partial charge in [-0.25, -0.2) is 4.79 Å². The molecule has 0 radical (unpaired) electrons. The van der Waals surface area contributed by atoms with Crippen molar-refractivity contribution in [3.63, 3.8) is 0 Å². The highest BCUT2D eigenvalue weighted by molar-refractivity contribution is 9.10. The second-order valence-corrected chi connectivity index (χ2v) is 7.40. The van der Waals surface area contributed by atoms with Gasteiger partial charge in [0.1, 0.15) is 5.69 Å². The molecular formula is C23H17BrN2O3. The van der Waals surface area contributed by atoms with E-state index in [-0.39, 0.29) is 17.8 Å². The average molecular weight is 449 g/mol. The fourth-order valence-corrected chi connectivity index (χ4v) is 3.79. The van der Waals surface area contributed by atoms with Crippen LogP contribution in [0.3, 0.4) is 0 Å². The maximum Gasteiger partial charge on any atom is 0.355 e. The first-order valence-corrected chi connectivity index (χ1v) is 9.79. The fraction of sp³-hybridized carbons (Fsp3) is 0.0870. The van der Waals surface area contributed by atoms with Crippen LogP contribution in [0.4, 0.5) is 0 Å². The molecule has 6 heteroatoms. The van der Waals surface area contributed by atoms with E-state index in [1.807, 2.05) is 54.6 Å². The second-order valence-electron chi connectivity index (χ2n) is 6.48. The Morgan fingerprint density at radius 2 is 1.79 bits per heavy atom. The van der Waals surface area contributed by atoms with Crippen LogP contribution >= 0.6 is 15.9 Å². The number of aromatic nitrogens is 2. The van der Waals surface area contributed by atoms with E-state index >= 15 is 0 Å². The van der Waals surface area contributed by atoms with Crippen molar-refractivity contribution in [1.29, 1.82) is 0 Å². The van der Waals surface area contributed by atoms with Crippen LogP contribution in [0.1, 0.15) is 16.2 Å². The number of benzene rings is 2. The zero-order valence-electron chi connectivity index (χ0n) is 15.6. The molecular weight excluding hydrogens is 432 g/mol. The van der Waals surface area contributed by atoms with E-state index in [2.05, 4.69) is 20.9 Å². The first kappa shape index (κ1) is 19.1. The van der Waals surface area contributed by atoms with Gasteiger partial charge in [-0.1, -0.05) is 52.3 Å². The third-order valence-electron chi connectivity index (χ3n) is 4.72. The van der Waals surface area contributed by atoms with Crippen LogP contribution in [0.2, 0.25) is 0 Å². The Hall–Kier alpha value is -3.25. The van der Waals surface area contributed by atoms with Crippen molar-refractivity contribution in [1.82, 2.24) is 9.55 Å². The third-order valence-corrected chi connectivity index (χ3v) is 5.21. The molecule has 29 heavy (non-hydrogen) atoms. The van der Waals surface area contributed by atoms with Gasteiger partial charge in [0.15, 0.2) is 0 Å². The van der Waals surface area contributed by atoms with Crippen molar-refractivity contribution in [2.24, 2.45) is 0 Å². The molecule has 4 rings (SSSR count). The molecule has 2 aromatic carbocycles. The quantitative estimate of drug-likeness (QED) is 0.426. The monoisotopic (exact) mass is 448 g/mol. The van der Waals surface area contributed by atoms with Crippen molar-refractivity contribution in [3.05, 3.63) is 99.1 Å². The summed E-state index contributed by atoms with van der Waals surface area (Å²) in [6.45, 7) is 0.163. The van der Waals surface area contributed by atoms with Gasteiger partial charge in [-0.3, -0.25) is 14.3 Å². The van der Waals surface area contributed by atoms with Crippen molar-refractivity contribution in [2.75, 3.05) is 7.11 Å². The molecule has 0 amide bonds. The first-order chi connectivity index (χ1) is 14.1. The van der Waals surface area contributed by atoms with Crippen molar-refractivity contribution in [3.8, 4) is 11.1 Å².